The standard InChI is InChI=1S/C22H21FN4O3/c1-14-18(20(25-30-14)15-3-5-16(23)6-4-15)8-7-17-9-19(26(2)24-17)21(28)27-10-22(11-27)12-29-13-22/h3-9H,10-13H2,1-2H3/b8-7+. The van der Waals surface area contributed by atoms with Crippen LogP contribution in [-0.4, -0.2) is 52.0 Å². The van der Waals surface area contributed by atoms with Crippen molar-refractivity contribution in [3.8, 4) is 11.3 Å². The van der Waals surface area contributed by atoms with Gasteiger partial charge in [-0.05, 0) is 49.4 Å². The molecule has 2 aromatic heterocycles. The highest BCUT2D eigenvalue weighted by Gasteiger charge is 2.51. The van der Waals surface area contributed by atoms with E-state index in [2.05, 4.69) is 10.3 Å². The van der Waals surface area contributed by atoms with Crippen LogP contribution in [0.15, 0.2) is 34.9 Å². The molecule has 154 valence electrons. The highest BCUT2D eigenvalue weighted by atomic mass is 19.1. The first-order chi connectivity index (χ1) is 14.4. The van der Waals surface area contributed by atoms with E-state index in [4.69, 9.17) is 9.26 Å². The molecule has 3 aromatic rings. The number of hydrogen-bond donors (Lipinski definition) is 0. The second-order valence-electron chi connectivity index (χ2n) is 8.07. The molecular formula is C22H21FN4O3. The summed E-state index contributed by atoms with van der Waals surface area (Å²) in [5, 5.41) is 8.55. The Kier molecular flexibility index (Phi) is 4.32. The molecule has 7 nitrogen and oxygen atoms in total. The minimum absolute atomic E-state index is 0.0182. The number of carbonyl (C=O) groups is 1. The van der Waals surface area contributed by atoms with Crippen LogP contribution in [0.3, 0.4) is 0 Å². The van der Waals surface area contributed by atoms with Crippen molar-refractivity contribution in [1.82, 2.24) is 19.8 Å². The van der Waals surface area contributed by atoms with Gasteiger partial charge in [-0.3, -0.25) is 9.48 Å². The SMILES string of the molecule is Cc1onc(-c2ccc(F)cc2)c1/C=C/c1cc(C(=O)N2CC3(COC3)C2)n(C)n1. The summed E-state index contributed by atoms with van der Waals surface area (Å²) >= 11 is 0. The first kappa shape index (κ1) is 18.7. The van der Waals surface area contributed by atoms with Crippen LogP contribution in [0.5, 0.6) is 0 Å². The third-order valence-electron chi connectivity index (χ3n) is 5.72. The van der Waals surface area contributed by atoms with Crippen LogP contribution in [0.4, 0.5) is 4.39 Å². The number of benzene rings is 1. The van der Waals surface area contributed by atoms with Crippen LogP contribution >= 0.6 is 0 Å². The molecule has 2 aliphatic rings. The molecule has 1 aromatic carbocycles. The van der Waals surface area contributed by atoms with Crippen LogP contribution in [0.25, 0.3) is 23.4 Å². The summed E-state index contributed by atoms with van der Waals surface area (Å²) in [6, 6.07) is 7.88. The number of likely N-dealkylation sites (tertiary alicyclic amines) is 1. The van der Waals surface area contributed by atoms with Crippen molar-refractivity contribution in [2.45, 2.75) is 6.92 Å². The monoisotopic (exact) mass is 408 g/mol. The number of carbonyl (C=O) groups excluding carboxylic acids is 1. The van der Waals surface area contributed by atoms with E-state index in [1.165, 1.54) is 12.1 Å². The minimum atomic E-state index is -0.306. The molecule has 30 heavy (non-hydrogen) atoms. The fourth-order valence-electron chi connectivity index (χ4n) is 3.97. The van der Waals surface area contributed by atoms with Gasteiger partial charge in [-0.2, -0.15) is 5.10 Å². The average Bonchev–Trinajstić information content (AvgIpc) is 3.20. The Balaban J connectivity index is 1.36. The van der Waals surface area contributed by atoms with E-state index in [-0.39, 0.29) is 17.1 Å². The van der Waals surface area contributed by atoms with Crippen molar-refractivity contribution in [2.24, 2.45) is 12.5 Å². The number of aryl methyl sites for hydroxylation is 2. The number of rotatable bonds is 4. The van der Waals surface area contributed by atoms with E-state index >= 15 is 0 Å². The van der Waals surface area contributed by atoms with Crippen molar-refractivity contribution in [3.05, 3.63) is 58.9 Å². The number of amides is 1. The molecule has 4 heterocycles. The molecule has 1 spiro atoms. The molecule has 2 saturated heterocycles. The van der Waals surface area contributed by atoms with Crippen LogP contribution in [0.2, 0.25) is 0 Å². The molecule has 0 bridgehead atoms. The number of hydrogen-bond acceptors (Lipinski definition) is 5. The molecule has 0 aliphatic carbocycles. The zero-order chi connectivity index (χ0) is 20.9. The van der Waals surface area contributed by atoms with Gasteiger partial charge >= 0.3 is 0 Å². The van der Waals surface area contributed by atoms with Gasteiger partial charge in [0.1, 0.15) is 23.0 Å². The maximum absolute atomic E-state index is 13.2. The van der Waals surface area contributed by atoms with Crippen LogP contribution in [0, 0.1) is 18.2 Å². The van der Waals surface area contributed by atoms with Gasteiger partial charge < -0.3 is 14.2 Å². The average molecular weight is 408 g/mol. The van der Waals surface area contributed by atoms with E-state index in [0.29, 0.717) is 22.8 Å². The van der Waals surface area contributed by atoms with Gasteiger partial charge in [0.2, 0.25) is 0 Å². The third kappa shape index (κ3) is 3.13. The van der Waals surface area contributed by atoms with Crippen molar-refractivity contribution in [1.29, 1.82) is 0 Å². The van der Waals surface area contributed by atoms with Crippen LogP contribution in [0.1, 0.15) is 27.5 Å². The fraction of sp³-hybridized carbons (Fsp3) is 0.318. The highest BCUT2D eigenvalue weighted by molar-refractivity contribution is 5.94. The van der Waals surface area contributed by atoms with Gasteiger partial charge in [-0.25, -0.2) is 4.39 Å². The summed E-state index contributed by atoms with van der Waals surface area (Å²) in [7, 11) is 1.77. The van der Waals surface area contributed by atoms with Gasteiger partial charge in [0.05, 0.1) is 24.3 Å². The van der Waals surface area contributed by atoms with E-state index in [9.17, 15) is 9.18 Å². The van der Waals surface area contributed by atoms with Gasteiger partial charge in [0.15, 0.2) is 0 Å². The van der Waals surface area contributed by atoms with Crippen LogP contribution < -0.4 is 0 Å². The lowest BCUT2D eigenvalue weighted by Gasteiger charge is -2.54. The first-order valence-electron chi connectivity index (χ1n) is 9.75. The summed E-state index contributed by atoms with van der Waals surface area (Å²) in [6.07, 6.45) is 3.67. The molecule has 2 aliphatic heterocycles. The van der Waals surface area contributed by atoms with Crippen molar-refractivity contribution >= 4 is 18.1 Å². The largest absolute Gasteiger partial charge is 0.380 e. The Hall–Kier alpha value is -3.26. The first-order valence-corrected chi connectivity index (χ1v) is 9.75. The van der Waals surface area contributed by atoms with Crippen molar-refractivity contribution in [2.75, 3.05) is 26.3 Å². The summed E-state index contributed by atoms with van der Waals surface area (Å²) in [5.74, 6) is 0.321. The van der Waals surface area contributed by atoms with E-state index in [0.717, 1.165) is 37.4 Å². The lowest BCUT2D eigenvalue weighted by Crippen LogP contribution is -2.67. The third-order valence-corrected chi connectivity index (χ3v) is 5.72. The number of nitrogens with zero attached hydrogens (tertiary/aromatic N) is 4. The van der Waals surface area contributed by atoms with E-state index in [1.54, 1.807) is 29.9 Å². The lowest BCUT2D eigenvalue weighted by molar-refractivity contribution is -0.176. The van der Waals surface area contributed by atoms with Gasteiger partial charge in [-0.15, -0.1) is 0 Å². The second kappa shape index (κ2) is 6.91. The zero-order valence-corrected chi connectivity index (χ0v) is 16.8. The van der Waals surface area contributed by atoms with Gasteiger partial charge in [-0.1, -0.05) is 5.16 Å². The molecule has 0 radical (unpaired) electrons. The number of ether oxygens (including phenoxy) is 1. The summed E-state index contributed by atoms with van der Waals surface area (Å²) in [5.41, 5.74) is 3.56. The highest BCUT2D eigenvalue weighted by Crippen LogP contribution is 2.38. The molecule has 2 fully saturated rings. The number of halogens is 1. The molecule has 1 amide bonds. The normalized spacial score (nSPS) is 17.4. The summed E-state index contributed by atoms with van der Waals surface area (Å²) in [6.45, 7) is 4.78. The smallest absolute Gasteiger partial charge is 0.272 e. The van der Waals surface area contributed by atoms with E-state index < -0.39 is 0 Å². The maximum atomic E-state index is 13.2. The molecule has 0 atom stereocenters. The Morgan fingerprint density at radius 3 is 2.60 bits per heavy atom. The molecule has 8 heteroatoms. The Bertz CT molecular complexity index is 1130. The summed E-state index contributed by atoms with van der Waals surface area (Å²) in [4.78, 5) is 14.6. The molecule has 0 N–H and O–H groups in total. The van der Waals surface area contributed by atoms with Gasteiger partial charge in [0.25, 0.3) is 5.91 Å². The molecule has 0 unspecified atom stereocenters. The summed E-state index contributed by atoms with van der Waals surface area (Å²) < 4.78 is 25.4. The van der Waals surface area contributed by atoms with Crippen molar-refractivity contribution in [3.63, 3.8) is 0 Å². The maximum Gasteiger partial charge on any atom is 0.272 e. The second-order valence-corrected chi connectivity index (χ2v) is 8.07. The minimum Gasteiger partial charge on any atom is -0.380 e. The topological polar surface area (TPSA) is 73.4 Å². The Morgan fingerprint density at radius 1 is 1.20 bits per heavy atom. The van der Waals surface area contributed by atoms with E-state index in [1.807, 2.05) is 24.0 Å². The van der Waals surface area contributed by atoms with Gasteiger partial charge in [0, 0.05) is 31.3 Å². The quantitative estimate of drug-likeness (QED) is 0.663. The lowest BCUT2D eigenvalue weighted by atomic mass is 9.78. The predicted octanol–water partition coefficient (Wildman–Crippen LogP) is 3.17. The fourth-order valence-corrected chi connectivity index (χ4v) is 3.97. The Morgan fingerprint density at radius 2 is 1.93 bits per heavy atom. The molecule has 0 saturated carbocycles. The van der Waals surface area contributed by atoms with Crippen LogP contribution in [-0.2, 0) is 11.8 Å². The van der Waals surface area contributed by atoms with Crippen molar-refractivity contribution < 1.29 is 18.4 Å². The molecule has 5 rings (SSSR count). The molecular weight excluding hydrogens is 387 g/mol. The Labute approximate surface area is 172 Å². The zero-order valence-electron chi connectivity index (χ0n) is 16.8. The number of aromatic nitrogens is 3. The predicted molar refractivity (Wildman–Crippen MR) is 108 cm³/mol.